The van der Waals surface area contributed by atoms with E-state index < -0.39 is 7.82 Å². The van der Waals surface area contributed by atoms with Crippen molar-refractivity contribution < 1.29 is 18.1 Å². The Labute approximate surface area is 383 Å². The van der Waals surface area contributed by atoms with Crippen LogP contribution >= 0.6 is 7.82 Å². The van der Waals surface area contributed by atoms with Crippen molar-refractivity contribution in [3.8, 4) is 17.2 Å². The lowest BCUT2D eigenvalue weighted by molar-refractivity contribution is 0.292. The van der Waals surface area contributed by atoms with E-state index in [-0.39, 0.29) is 0 Å². The third kappa shape index (κ3) is 15.5. The zero-order chi connectivity index (χ0) is 45.5. The normalized spacial score (nSPS) is 11.7. The van der Waals surface area contributed by atoms with Crippen molar-refractivity contribution in [3.05, 3.63) is 85.0 Å². The highest BCUT2D eigenvalue weighted by Crippen LogP contribution is 2.55. The van der Waals surface area contributed by atoms with Gasteiger partial charge >= 0.3 is 7.82 Å². The average molecular weight is 873 g/mol. The zero-order valence-electron chi connectivity index (χ0n) is 42.4. The van der Waals surface area contributed by atoms with Crippen LogP contribution in [0.4, 0.5) is 0 Å². The second-order valence-electron chi connectivity index (χ2n) is 18.5. The molecule has 4 nitrogen and oxygen atoms in total. The summed E-state index contributed by atoms with van der Waals surface area (Å²) in [6, 6.07) is 7.20. The van der Waals surface area contributed by atoms with Crippen LogP contribution in [0.25, 0.3) is 0 Å². The smallest absolute Gasteiger partial charge is 0.385 e. The number of phosphoric acid groups is 1. The van der Waals surface area contributed by atoms with Crippen molar-refractivity contribution in [1.29, 1.82) is 0 Å². The molecule has 0 radical (unpaired) electrons. The van der Waals surface area contributed by atoms with Crippen LogP contribution in [0.3, 0.4) is 0 Å². The minimum absolute atomic E-state index is 0.713. The summed E-state index contributed by atoms with van der Waals surface area (Å²) < 4.78 is 38.2. The van der Waals surface area contributed by atoms with E-state index in [1.807, 2.05) is 0 Å². The number of aryl methyl sites for hydroxylation is 6. The molecule has 0 aliphatic carbocycles. The lowest BCUT2D eigenvalue weighted by Crippen LogP contribution is -2.15. The molecular weight excluding hydrogens is 780 g/mol. The van der Waals surface area contributed by atoms with Crippen LogP contribution in [-0.2, 0) is 62.4 Å². The van der Waals surface area contributed by atoms with Crippen LogP contribution in [0.15, 0.2) is 18.2 Å². The molecule has 0 atom stereocenters. The summed E-state index contributed by atoms with van der Waals surface area (Å²) in [4.78, 5) is 0. The first-order valence-electron chi connectivity index (χ1n) is 26.1. The number of benzene rings is 3. The summed E-state index contributed by atoms with van der Waals surface area (Å²) in [5.41, 5.74) is 15.0. The summed E-state index contributed by atoms with van der Waals surface area (Å²) in [6.45, 7) is 27.0. The molecule has 350 valence electrons. The molecule has 5 heteroatoms. The Hall–Kier alpha value is -2.71. The monoisotopic (exact) mass is 873 g/mol. The third-order valence-electron chi connectivity index (χ3n) is 13.2. The van der Waals surface area contributed by atoms with Crippen LogP contribution in [0, 0.1) is 20.8 Å². The first-order valence-corrected chi connectivity index (χ1v) is 27.6. The molecular formula is C57H93O4P. The van der Waals surface area contributed by atoms with E-state index in [1.54, 1.807) is 0 Å². The predicted molar refractivity (Wildman–Crippen MR) is 271 cm³/mol. The van der Waals surface area contributed by atoms with Gasteiger partial charge < -0.3 is 13.6 Å². The highest BCUT2D eigenvalue weighted by atomic mass is 31.2. The lowest BCUT2D eigenvalue weighted by atomic mass is 9.89. The second kappa shape index (κ2) is 29.0. The Morgan fingerprint density at radius 2 is 0.516 bits per heavy atom. The second-order valence-corrected chi connectivity index (χ2v) is 20.0. The molecule has 3 aromatic carbocycles. The van der Waals surface area contributed by atoms with Crippen molar-refractivity contribution in [2.75, 3.05) is 0 Å². The largest absolute Gasteiger partial charge is 0.647 e. The molecule has 0 spiro atoms. The Bertz CT molecular complexity index is 1610. The molecule has 3 aromatic rings. The van der Waals surface area contributed by atoms with Crippen LogP contribution in [-0.4, -0.2) is 0 Å². The Morgan fingerprint density at radius 3 is 0.726 bits per heavy atom. The molecule has 0 heterocycles. The summed E-state index contributed by atoms with van der Waals surface area (Å²) in [5.74, 6) is 2.14. The number of rotatable bonds is 33. The van der Waals surface area contributed by atoms with Gasteiger partial charge in [-0.05, 0) is 203 Å². The first kappa shape index (κ1) is 53.6. The van der Waals surface area contributed by atoms with Gasteiger partial charge in [-0.3, -0.25) is 0 Å². The van der Waals surface area contributed by atoms with Crippen molar-refractivity contribution in [3.63, 3.8) is 0 Å². The minimum atomic E-state index is -4.39. The van der Waals surface area contributed by atoms with Crippen molar-refractivity contribution in [2.24, 2.45) is 0 Å². The van der Waals surface area contributed by atoms with Gasteiger partial charge in [0, 0.05) is 0 Å². The minimum Gasteiger partial charge on any atom is -0.385 e. The van der Waals surface area contributed by atoms with Gasteiger partial charge in [0.25, 0.3) is 0 Å². The van der Waals surface area contributed by atoms with Crippen LogP contribution in [0.5, 0.6) is 17.2 Å². The van der Waals surface area contributed by atoms with Crippen molar-refractivity contribution in [2.45, 2.75) is 256 Å². The van der Waals surface area contributed by atoms with E-state index in [0.29, 0.717) is 17.2 Å². The number of unbranched alkanes of at least 4 members (excludes halogenated alkanes) is 9. The molecule has 62 heavy (non-hydrogen) atoms. The molecule has 0 aromatic heterocycles. The van der Waals surface area contributed by atoms with Gasteiger partial charge in [0.2, 0.25) is 0 Å². The van der Waals surface area contributed by atoms with Crippen LogP contribution in [0.1, 0.15) is 245 Å². The van der Waals surface area contributed by atoms with E-state index in [2.05, 4.69) is 101 Å². The molecule has 0 fully saturated rings. The topological polar surface area (TPSA) is 44.8 Å². The number of hydrogen-bond donors (Lipinski definition) is 0. The fourth-order valence-corrected chi connectivity index (χ4v) is 10.8. The van der Waals surface area contributed by atoms with E-state index >= 15 is 4.57 Å². The van der Waals surface area contributed by atoms with Gasteiger partial charge in [-0.25, -0.2) is 0 Å². The third-order valence-corrected chi connectivity index (χ3v) is 14.4. The van der Waals surface area contributed by atoms with Gasteiger partial charge in [0.1, 0.15) is 17.2 Å². The van der Waals surface area contributed by atoms with E-state index in [9.17, 15) is 0 Å². The van der Waals surface area contributed by atoms with E-state index in [4.69, 9.17) is 13.6 Å². The molecule has 0 aliphatic heterocycles. The Balaban J connectivity index is 2.50. The van der Waals surface area contributed by atoms with E-state index in [1.165, 1.54) is 33.4 Å². The highest BCUT2D eigenvalue weighted by molar-refractivity contribution is 7.49. The fraction of sp³-hybridized carbons (Fsp3) is 0.684. The Morgan fingerprint density at radius 1 is 0.323 bits per heavy atom. The van der Waals surface area contributed by atoms with Gasteiger partial charge in [-0.1, -0.05) is 138 Å². The molecule has 3 rings (SSSR count). The molecule has 0 unspecified atom stereocenters. The van der Waals surface area contributed by atoms with Crippen molar-refractivity contribution in [1.82, 2.24) is 0 Å². The maximum Gasteiger partial charge on any atom is 0.647 e. The highest BCUT2D eigenvalue weighted by Gasteiger charge is 2.39. The molecule has 0 N–H and O–H groups in total. The maximum absolute atomic E-state index is 16.5. The summed E-state index contributed by atoms with van der Waals surface area (Å²) in [5, 5.41) is 0. The standard InChI is InChI=1S/C57H93O4P/c1-13-22-31-46-40-49(34-25-16-4)55(43(10)52(46)37-28-19-7)59-62(58,60-56-44(11)53(38-29-20-8)47(32-23-14-2)41-50(56)35-26-17-5)61-57-45(12)54(39-30-21-9)48(33-24-15-3)42-51(57)36-27-18-6/h40-42H,13-39H2,1-12H3. The zero-order valence-corrected chi connectivity index (χ0v) is 43.3. The predicted octanol–water partition coefficient (Wildman–Crippen LogP) is 18.3. The summed E-state index contributed by atoms with van der Waals surface area (Å²) in [7, 11) is -4.39. The summed E-state index contributed by atoms with van der Waals surface area (Å²) in [6.07, 6.45) is 28.6. The fourth-order valence-electron chi connectivity index (χ4n) is 9.25. The summed E-state index contributed by atoms with van der Waals surface area (Å²) >= 11 is 0. The number of phosphoric ester groups is 1. The quantitative estimate of drug-likeness (QED) is 0.0572. The lowest BCUT2D eigenvalue weighted by Gasteiger charge is -2.29. The van der Waals surface area contributed by atoms with Crippen LogP contribution < -0.4 is 13.6 Å². The number of hydrogen-bond acceptors (Lipinski definition) is 4. The SMILES string of the molecule is CCCCc1cc(CCCC)c(OP(=O)(Oc2c(CCCC)cc(CCCC)c(CCCC)c2C)Oc2c(CCCC)cc(CCCC)c(CCCC)c2C)c(C)c1CCCC. The van der Waals surface area contributed by atoms with Gasteiger partial charge in [0.05, 0.1) is 0 Å². The maximum atomic E-state index is 16.5. The van der Waals surface area contributed by atoms with E-state index in [0.717, 1.165) is 207 Å². The molecule has 0 saturated heterocycles. The van der Waals surface area contributed by atoms with Gasteiger partial charge in [0.15, 0.2) is 0 Å². The first-order chi connectivity index (χ1) is 30.0. The van der Waals surface area contributed by atoms with Crippen LogP contribution in [0.2, 0.25) is 0 Å². The molecule has 0 saturated carbocycles. The van der Waals surface area contributed by atoms with Gasteiger partial charge in [-0.2, -0.15) is 4.57 Å². The molecule has 0 amide bonds. The van der Waals surface area contributed by atoms with Gasteiger partial charge in [-0.15, -0.1) is 0 Å². The molecule has 0 aliphatic rings. The van der Waals surface area contributed by atoms with Crippen molar-refractivity contribution >= 4 is 7.82 Å². The average Bonchev–Trinajstić information content (AvgIpc) is 3.26. The molecule has 0 bridgehead atoms. The Kier molecular flexibility index (Phi) is 25.0.